The third-order valence-electron chi connectivity index (χ3n) is 3.15. The van der Waals surface area contributed by atoms with Gasteiger partial charge in [-0.25, -0.2) is 0 Å². The van der Waals surface area contributed by atoms with Crippen LogP contribution in [-0.4, -0.2) is 9.55 Å². The van der Waals surface area contributed by atoms with Crippen molar-refractivity contribution < 1.29 is 0 Å². The highest BCUT2D eigenvalue weighted by Gasteiger charge is 2.04. The topological polar surface area (TPSA) is 17.8 Å². The van der Waals surface area contributed by atoms with Crippen molar-refractivity contribution in [1.82, 2.24) is 9.55 Å². The van der Waals surface area contributed by atoms with E-state index in [4.69, 9.17) is 0 Å². The molecule has 0 aliphatic heterocycles. The Labute approximate surface area is 114 Å². The molecule has 0 atom stereocenters. The summed E-state index contributed by atoms with van der Waals surface area (Å²) in [6, 6.07) is 12.6. The van der Waals surface area contributed by atoms with Crippen LogP contribution in [0.15, 0.2) is 53.3 Å². The van der Waals surface area contributed by atoms with Crippen LogP contribution < -0.4 is 0 Å². The maximum Gasteiger partial charge on any atom is 0.0648 e. The first-order valence-electron chi connectivity index (χ1n) is 5.89. The Morgan fingerprint density at radius 1 is 1.17 bits per heavy atom. The molecule has 0 aliphatic rings. The Morgan fingerprint density at radius 3 is 2.83 bits per heavy atom. The maximum absolute atomic E-state index is 4.41. The summed E-state index contributed by atoms with van der Waals surface area (Å²) in [6.07, 6.45) is 3.97. The normalized spacial score (nSPS) is 11.0. The van der Waals surface area contributed by atoms with Gasteiger partial charge in [-0.2, -0.15) is 0 Å². The van der Waals surface area contributed by atoms with Crippen molar-refractivity contribution in [3.8, 4) is 0 Å². The molecule has 0 unspecified atom stereocenters. The average Bonchev–Trinajstić information content (AvgIpc) is 2.77. The number of nitrogens with zero attached hydrogens (tertiary/aromatic N) is 2. The van der Waals surface area contributed by atoms with Crippen molar-refractivity contribution in [3.05, 3.63) is 64.5 Å². The van der Waals surface area contributed by atoms with Crippen molar-refractivity contribution in [3.63, 3.8) is 0 Å². The molecule has 0 N–H and O–H groups in total. The summed E-state index contributed by atoms with van der Waals surface area (Å²) < 4.78 is 3.25. The highest BCUT2D eigenvalue weighted by molar-refractivity contribution is 9.10. The summed E-state index contributed by atoms with van der Waals surface area (Å²) in [7, 11) is 0. The van der Waals surface area contributed by atoms with E-state index in [9.17, 15) is 0 Å². The lowest BCUT2D eigenvalue weighted by Crippen LogP contribution is -1.99. The molecule has 90 valence electrons. The first-order valence-corrected chi connectivity index (χ1v) is 6.68. The fourth-order valence-corrected chi connectivity index (χ4v) is 2.42. The summed E-state index contributed by atoms with van der Waals surface area (Å²) in [5.41, 5.74) is 3.65. The molecular weight excluding hydrogens is 288 g/mol. The monoisotopic (exact) mass is 300 g/mol. The zero-order chi connectivity index (χ0) is 12.5. The molecule has 3 rings (SSSR count). The number of pyridine rings is 1. The SMILES string of the molecule is Cc1cccc2c1ccn2Cc1ccc(Br)cn1. The molecule has 0 spiro atoms. The summed E-state index contributed by atoms with van der Waals surface area (Å²) in [5.74, 6) is 0. The highest BCUT2D eigenvalue weighted by atomic mass is 79.9. The van der Waals surface area contributed by atoms with Gasteiger partial charge in [0, 0.05) is 27.8 Å². The minimum atomic E-state index is 0.806. The van der Waals surface area contributed by atoms with E-state index in [2.05, 4.69) is 62.9 Å². The van der Waals surface area contributed by atoms with E-state index in [-0.39, 0.29) is 0 Å². The molecule has 0 radical (unpaired) electrons. The van der Waals surface area contributed by atoms with Gasteiger partial charge in [0.25, 0.3) is 0 Å². The first-order chi connectivity index (χ1) is 8.74. The van der Waals surface area contributed by atoms with Gasteiger partial charge in [0.2, 0.25) is 0 Å². The van der Waals surface area contributed by atoms with E-state index in [1.165, 1.54) is 16.5 Å². The lowest BCUT2D eigenvalue weighted by Gasteiger charge is -2.05. The van der Waals surface area contributed by atoms with Gasteiger partial charge in [0.05, 0.1) is 12.2 Å². The van der Waals surface area contributed by atoms with E-state index in [0.717, 1.165) is 16.7 Å². The Balaban J connectivity index is 2.00. The van der Waals surface area contributed by atoms with E-state index in [1.807, 2.05) is 18.3 Å². The Hall–Kier alpha value is -1.61. The second-order valence-electron chi connectivity index (χ2n) is 4.42. The molecule has 2 heterocycles. The standard InChI is InChI=1S/C15H13BrN2/c1-11-3-2-4-15-14(11)7-8-18(15)10-13-6-5-12(16)9-17-13/h2-9H,10H2,1H3. The fourth-order valence-electron chi connectivity index (χ4n) is 2.19. The zero-order valence-corrected chi connectivity index (χ0v) is 11.7. The quantitative estimate of drug-likeness (QED) is 0.695. The van der Waals surface area contributed by atoms with Crippen molar-refractivity contribution in [2.45, 2.75) is 13.5 Å². The van der Waals surface area contributed by atoms with Gasteiger partial charge in [-0.15, -0.1) is 0 Å². The Bertz CT molecular complexity index is 683. The van der Waals surface area contributed by atoms with Gasteiger partial charge in [-0.05, 0) is 52.7 Å². The van der Waals surface area contributed by atoms with Crippen LogP contribution in [0.4, 0.5) is 0 Å². The van der Waals surface area contributed by atoms with Crippen molar-refractivity contribution >= 4 is 26.8 Å². The van der Waals surface area contributed by atoms with Crippen LogP contribution in [0.3, 0.4) is 0 Å². The van der Waals surface area contributed by atoms with Crippen LogP contribution in [0.5, 0.6) is 0 Å². The smallest absolute Gasteiger partial charge is 0.0648 e. The van der Waals surface area contributed by atoms with Gasteiger partial charge >= 0.3 is 0 Å². The molecule has 3 aromatic rings. The predicted molar refractivity (Wildman–Crippen MR) is 77.7 cm³/mol. The van der Waals surface area contributed by atoms with E-state index >= 15 is 0 Å². The minimum Gasteiger partial charge on any atom is -0.341 e. The van der Waals surface area contributed by atoms with E-state index in [1.54, 1.807) is 0 Å². The minimum absolute atomic E-state index is 0.806. The Kier molecular flexibility index (Phi) is 2.92. The van der Waals surface area contributed by atoms with Gasteiger partial charge in [-0.3, -0.25) is 4.98 Å². The molecule has 0 aliphatic carbocycles. The summed E-state index contributed by atoms with van der Waals surface area (Å²) in [4.78, 5) is 4.41. The molecule has 0 fully saturated rings. The van der Waals surface area contributed by atoms with Crippen LogP contribution in [-0.2, 0) is 6.54 Å². The fraction of sp³-hybridized carbons (Fsp3) is 0.133. The molecule has 2 aromatic heterocycles. The Morgan fingerprint density at radius 2 is 2.06 bits per heavy atom. The summed E-state index contributed by atoms with van der Waals surface area (Å²) in [5, 5.41) is 1.31. The number of fused-ring (bicyclic) bond motifs is 1. The molecule has 2 nitrogen and oxygen atoms in total. The number of rotatable bonds is 2. The molecule has 0 bridgehead atoms. The van der Waals surface area contributed by atoms with Crippen LogP contribution in [0.2, 0.25) is 0 Å². The number of aryl methyl sites for hydroxylation is 1. The van der Waals surface area contributed by atoms with Crippen LogP contribution in [0.25, 0.3) is 10.9 Å². The summed E-state index contributed by atoms with van der Waals surface area (Å²) in [6.45, 7) is 2.95. The molecule has 0 amide bonds. The average molecular weight is 301 g/mol. The number of halogens is 1. The molecule has 1 aromatic carbocycles. The largest absolute Gasteiger partial charge is 0.341 e. The molecule has 0 saturated heterocycles. The zero-order valence-electron chi connectivity index (χ0n) is 10.1. The van der Waals surface area contributed by atoms with Crippen LogP contribution in [0.1, 0.15) is 11.3 Å². The molecule has 0 saturated carbocycles. The number of benzene rings is 1. The molecule has 3 heteroatoms. The van der Waals surface area contributed by atoms with Crippen LogP contribution in [0, 0.1) is 6.92 Å². The van der Waals surface area contributed by atoms with Crippen molar-refractivity contribution in [1.29, 1.82) is 0 Å². The second-order valence-corrected chi connectivity index (χ2v) is 5.33. The predicted octanol–water partition coefficient (Wildman–Crippen LogP) is 4.16. The first kappa shape index (κ1) is 11.5. The van der Waals surface area contributed by atoms with Gasteiger partial charge in [0.1, 0.15) is 0 Å². The number of hydrogen-bond acceptors (Lipinski definition) is 1. The van der Waals surface area contributed by atoms with Gasteiger partial charge < -0.3 is 4.57 Å². The second kappa shape index (κ2) is 4.58. The van der Waals surface area contributed by atoms with E-state index < -0.39 is 0 Å². The van der Waals surface area contributed by atoms with Crippen molar-refractivity contribution in [2.75, 3.05) is 0 Å². The van der Waals surface area contributed by atoms with Gasteiger partial charge in [0.15, 0.2) is 0 Å². The lowest BCUT2D eigenvalue weighted by atomic mass is 10.1. The lowest BCUT2D eigenvalue weighted by molar-refractivity contribution is 0.807. The summed E-state index contributed by atoms with van der Waals surface area (Å²) >= 11 is 3.40. The van der Waals surface area contributed by atoms with Crippen molar-refractivity contribution in [2.24, 2.45) is 0 Å². The number of aromatic nitrogens is 2. The molecular formula is C15H13BrN2. The third kappa shape index (κ3) is 2.06. The number of hydrogen-bond donors (Lipinski definition) is 0. The third-order valence-corrected chi connectivity index (χ3v) is 3.62. The van der Waals surface area contributed by atoms with Gasteiger partial charge in [-0.1, -0.05) is 12.1 Å². The highest BCUT2D eigenvalue weighted by Crippen LogP contribution is 2.20. The molecule has 18 heavy (non-hydrogen) atoms. The van der Waals surface area contributed by atoms with Crippen LogP contribution >= 0.6 is 15.9 Å². The van der Waals surface area contributed by atoms with E-state index in [0.29, 0.717) is 0 Å². The maximum atomic E-state index is 4.41.